The fourth-order valence-corrected chi connectivity index (χ4v) is 1.37. The SMILES string of the molecule is NOc1[nH]c(=O)[nH]c(=O)c1[NH+]=C1C(=O)NC(=O)NC1=O. The maximum absolute atomic E-state index is 11.6. The van der Waals surface area contributed by atoms with Crippen molar-refractivity contribution in [2.45, 2.75) is 0 Å². The summed E-state index contributed by atoms with van der Waals surface area (Å²) >= 11 is 0. The Balaban J connectivity index is 2.58. The molecular formula is C8H7N6O6+. The predicted octanol–water partition coefficient (Wildman–Crippen LogP) is -5.17. The largest absolute Gasteiger partial charge is 0.386 e. The summed E-state index contributed by atoms with van der Waals surface area (Å²) in [5, 5.41) is 3.57. The number of imide groups is 2. The Morgan fingerprint density at radius 1 is 0.950 bits per heavy atom. The summed E-state index contributed by atoms with van der Waals surface area (Å²) in [4.78, 5) is 66.6. The third kappa shape index (κ3) is 2.30. The van der Waals surface area contributed by atoms with Gasteiger partial charge in [-0.15, -0.1) is 0 Å². The number of hydrogen-bond acceptors (Lipinski definition) is 7. The molecule has 0 aliphatic carbocycles. The van der Waals surface area contributed by atoms with Gasteiger partial charge >= 0.3 is 40.5 Å². The molecule has 12 heteroatoms. The highest BCUT2D eigenvalue weighted by atomic mass is 16.6. The zero-order chi connectivity index (χ0) is 14.9. The number of rotatable bonds is 2. The molecule has 1 fully saturated rings. The van der Waals surface area contributed by atoms with E-state index in [-0.39, 0.29) is 0 Å². The third-order valence-corrected chi connectivity index (χ3v) is 2.18. The van der Waals surface area contributed by atoms with E-state index in [2.05, 4.69) is 9.83 Å². The standard InChI is InChI=1S/C8H6N6O6/c9-20-6-2(5(17)13-8(19)14-6)10-1-3(15)11-7(18)12-4(1)16/h9H2,(H2,13,14,17,19)(H2,11,12,15,16,18)/p+1. The van der Waals surface area contributed by atoms with Gasteiger partial charge in [-0.05, 0) is 0 Å². The van der Waals surface area contributed by atoms with Gasteiger partial charge in [-0.1, -0.05) is 0 Å². The number of nitrogens with one attached hydrogen (secondary N) is 5. The Hall–Kier alpha value is -3.28. The molecule has 1 aliphatic heterocycles. The van der Waals surface area contributed by atoms with Crippen LogP contribution in [0.1, 0.15) is 0 Å². The summed E-state index contributed by atoms with van der Waals surface area (Å²) in [6, 6.07) is -1.00. The van der Waals surface area contributed by atoms with Crippen molar-refractivity contribution in [3.8, 4) is 5.88 Å². The van der Waals surface area contributed by atoms with Crippen LogP contribution in [-0.4, -0.2) is 33.5 Å². The van der Waals surface area contributed by atoms with Crippen LogP contribution in [0.5, 0.6) is 5.88 Å². The minimum Gasteiger partial charge on any atom is -0.386 e. The topological polar surface area (TPSA) is 190 Å². The molecule has 0 radical (unpaired) electrons. The lowest BCUT2D eigenvalue weighted by atomic mass is 10.3. The number of aromatic nitrogens is 2. The van der Waals surface area contributed by atoms with Crippen molar-refractivity contribution in [3.05, 3.63) is 20.8 Å². The average molecular weight is 283 g/mol. The summed E-state index contributed by atoms with van der Waals surface area (Å²) in [5.41, 5.74) is -3.03. The van der Waals surface area contributed by atoms with Crippen LogP contribution in [0.2, 0.25) is 0 Å². The number of urea groups is 1. The second-order valence-corrected chi connectivity index (χ2v) is 3.47. The molecule has 1 aromatic heterocycles. The van der Waals surface area contributed by atoms with Crippen molar-refractivity contribution < 1.29 is 24.2 Å². The van der Waals surface area contributed by atoms with Gasteiger partial charge in [-0.3, -0.25) is 35.0 Å². The van der Waals surface area contributed by atoms with Crippen LogP contribution in [0.25, 0.3) is 0 Å². The van der Waals surface area contributed by atoms with Crippen molar-refractivity contribution in [2.75, 3.05) is 0 Å². The zero-order valence-electron chi connectivity index (χ0n) is 9.53. The van der Waals surface area contributed by atoms with Crippen molar-refractivity contribution in [1.29, 1.82) is 0 Å². The number of amides is 4. The molecule has 20 heavy (non-hydrogen) atoms. The molecule has 1 saturated heterocycles. The van der Waals surface area contributed by atoms with Crippen LogP contribution in [0.4, 0.5) is 10.5 Å². The molecule has 7 N–H and O–H groups in total. The maximum Gasteiger partial charge on any atom is 0.335 e. The zero-order valence-corrected chi connectivity index (χ0v) is 9.53. The molecule has 104 valence electrons. The predicted molar refractivity (Wildman–Crippen MR) is 59.8 cm³/mol. The number of H-pyrrole nitrogens is 2. The molecule has 4 amide bonds. The van der Waals surface area contributed by atoms with Gasteiger partial charge in [0.25, 0.3) is 5.88 Å². The highest BCUT2D eigenvalue weighted by Crippen LogP contribution is 2.04. The summed E-state index contributed by atoms with van der Waals surface area (Å²) in [5.74, 6) is 2.24. The summed E-state index contributed by atoms with van der Waals surface area (Å²) in [7, 11) is 0. The fraction of sp³-hybridized carbons (Fsp3) is 0. The smallest absolute Gasteiger partial charge is 0.335 e. The molecule has 0 spiro atoms. The number of carbonyl (C=O) groups is 3. The molecule has 2 rings (SSSR count). The number of carbonyl (C=O) groups excluding carboxylic acids is 3. The van der Waals surface area contributed by atoms with Crippen molar-refractivity contribution in [2.24, 2.45) is 5.90 Å². The van der Waals surface area contributed by atoms with E-state index in [0.717, 1.165) is 0 Å². The van der Waals surface area contributed by atoms with Crippen LogP contribution < -0.4 is 37.6 Å². The average Bonchev–Trinajstić information content (AvgIpc) is 2.34. The Morgan fingerprint density at radius 2 is 1.55 bits per heavy atom. The van der Waals surface area contributed by atoms with Crippen LogP contribution in [0, 0.1) is 0 Å². The molecule has 1 aliphatic rings. The van der Waals surface area contributed by atoms with Crippen LogP contribution in [-0.2, 0) is 9.59 Å². The number of hydrogen-bond donors (Lipinski definition) is 6. The number of aromatic amines is 2. The van der Waals surface area contributed by atoms with Gasteiger partial charge in [-0.2, -0.15) is 10.9 Å². The number of nitrogens with two attached hydrogens (primary N) is 1. The molecule has 0 aromatic carbocycles. The lowest BCUT2D eigenvalue weighted by Gasteiger charge is -2.08. The van der Waals surface area contributed by atoms with Crippen LogP contribution in [0.3, 0.4) is 0 Å². The highest BCUT2D eigenvalue weighted by Gasteiger charge is 2.36. The minimum absolute atomic E-state index is 0.484. The monoisotopic (exact) mass is 283 g/mol. The minimum atomic E-state index is -1.06. The first-order valence-corrected chi connectivity index (χ1v) is 4.96. The Labute approximate surface area is 108 Å². The summed E-state index contributed by atoms with van der Waals surface area (Å²) in [6.07, 6.45) is 0. The first kappa shape index (κ1) is 13.2. The highest BCUT2D eigenvalue weighted by molar-refractivity contribution is 6.67. The maximum atomic E-state index is 11.6. The van der Waals surface area contributed by atoms with Crippen molar-refractivity contribution in [3.63, 3.8) is 0 Å². The van der Waals surface area contributed by atoms with Crippen molar-refractivity contribution >= 4 is 29.2 Å². The van der Waals surface area contributed by atoms with Crippen LogP contribution >= 0.6 is 0 Å². The van der Waals surface area contributed by atoms with Gasteiger partial charge in [0.15, 0.2) is 0 Å². The van der Waals surface area contributed by atoms with E-state index < -0.39 is 46.4 Å². The van der Waals surface area contributed by atoms with Gasteiger partial charge in [-0.25, -0.2) is 9.59 Å². The Kier molecular flexibility index (Phi) is 3.14. The fourth-order valence-electron chi connectivity index (χ4n) is 1.37. The molecular weight excluding hydrogens is 276 g/mol. The number of barbiturate groups is 1. The lowest BCUT2D eigenvalue weighted by Crippen LogP contribution is -2.78. The van der Waals surface area contributed by atoms with Gasteiger partial charge in [0.1, 0.15) is 0 Å². The molecule has 0 bridgehead atoms. The van der Waals surface area contributed by atoms with E-state index >= 15 is 0 Å². The van der Waals surface area contributed by atoms with Gasteiger partial charge in [0, 0.05) is 0 Å². The molecule has 12 nitrogen and oxygen atoms in total. The van der Waals surface area contributed by atoms with E-state index in [0.29, 0.717) is 0 Å². The van der Waals surface area contributed by atoms with Gasteiger partial charge < -0.3 is 4.84 Å². The van der Waals surface area contributed by atoms with Crippen LogP contribution in [0.15, 0.2) is 9.59 Å². The molecule has 1 aromatic rings. The second-order valence-electron chi connectivity index (χ2n) is 3.47. The summed E-state index contributed by atoms with van der Waals surface area (Å²) in [6.45, 7) is 0. The molecule has 0 saturated carbocycles. The van der Waals surface area contributed by atoms with E-state index in [1.54, 1.807) is 10.6 Å². The van der Waals surface area contributed by atoms with Crippen molar-refractivity contribution in [1.82, 2.24) is 20.6 Å². The van der Waals surface area contributed by atoms with E-state index in [1.165, 1.54) is 0 Å². The van der Waals surface area contributed by atoms with Gasteiger partial charge in [0.2, 0.25) is 0 Å². The first-order chi connectivity index (χ1) is 9.42. The second kappa shape index (κ2) is 4.77. The van der Waals surface area contributed by atoms with E-state index in [1.807, 2.05) is 9.97 Å². The first-order valence-electron chi connectivity index (χ1n) is 4.96. The van der Waals surface area contributed by atoms with Gasteiger partial charge in [0.05, 0.1) is 0 Å². The summed E-state index contributed by atoms with van der Waals surface area (Å²) < 4.78 is 0. The Bertz CT molecular complexity index is 735. The molecule has 2 heterocycles. The third-order valence-electron chi connectivity index (χ3n) is 2.18. The molecule has 0 atom stereocenters. The quantitative estimate of drug-likeness (QED) is 0.292. The normalized spacial score (nSPS) is 14.7. The van der Waals surface area contributed by atoms with E-state index in [9.17, 15) is 24.0 Å². The van der Waals surface area contributed by atoms with E-state index in [4.69, 9.17) is 5.90 Å². The lowest BCUT2D eigenvalue weighted by molar-refractivity contribution is -0.355. The Morgan fingerprint density at radius 3 is 2.10 bits per heavy atom. The molecule has 0 unspecified atom stereocenters.